The van der Waals surface area contributed by atoms with Crippen molar-refractivity contribution in [3.63, 3.8) is 0 Å². The van der Waals surface area contributed by atoms with E-state index in [0.717, 1.165) is 30.3 Å². The van der Waals surface area contributed by atoms with Crippen LogP contribution >= 0.6 is 0 Å². The minimum Gasteiger partial charge on any atom is -0.490 e. The summed E-state index contributed by atoms with van der Waals surface area (Å²) < 4.78 is 5.87. The first-order valence-electron chi connectivity index (χ1n) is 8.07. The van der Waals surface area contributed by atoms with Crippen molar-refractivity contribution in [1.82, 2.24) is 15.3 Å². The van der Waals surface area contributed by atoms with Gasteiger partial charge in [-0.3, -0.25) is 0 Å². The lowest BCUT2D eigenvalue weighted by atomic mass is 10.1. The highest BCUT2D eigenvalue weighted by Gasteiger charge is 2.14. The Morgan fingerprint density at radius 2 is 1.95 bits per heavy atom. The van der Waals surface area contributed by atoms with E-state index in [1.165, 1.54) is 12.8 Å². The van der Waals surface area contributed by atoms with Crippen LogP contribution < -0.4 is 10.1 Å². The molecule has 0 aliphatic carbocycles. The molecule has 1 N–H and O–H groups in total. The lowest BCUT2D eigenvalue weighted by molar-refractivity contribution is 0.296. The number of hydrogen-bond acceptors (Lipinski definition) is 4. The highest BCUT2D eigenvalue weighted by atomic mass is 16.5. The van der Waals surface area contributed by atoms with Crippen LogP contribution in [-0.4, -0.2) is 22.1 Å². The molecule has 0 bridgehead atoms. The lowest BCUT2D eigenvalue weighted by Crippen LogP contribution is -2.35. The number of ether oxygens (including phenoxy) is 1. The monoisotopic (exact) mass is 293 g/mol. The molecule has 0 aliphatic rings. The van der Waals surface area contributed by atoms with E-state index in [0.29, 0.717) is 12.5 Å². The summed E-state index contributed by atoms with van der Waals surface area (Å²) in [5.74, 6) is 2.02. The van der Waals surface area contributed by atoms with Gasteiger partial charge in [-0.05, 0) is 27.2 Å². The smallest absolute Gasteiger partial charge is 0.160 e. The number of nitrogens with zero attached hydrogens (tertiary/aromatic N) is 2. The second-order valence-corrected chi connectivity index (χ2v) is 6.85. The molecular formula is C17H31N3O. The molecule has 1 rings (SSSR count). The summed E-state index contributed by atoms with van der Waals surface area (Å²) in [6.45, 7) is 14.3. The van der Waals surface area contributed by atoms with Gasteiger partial charge >= 0.3 is 0 Å². The van der Waals surface area contributed by atoms with Crippen LogP contribution in [0.2, 0.25) is 0 Å². The number of unbranched alkanes of at least 4 members (excludes halogenated alkanes) is 2. The molecule has 0 radical (unpaired) electrons. The first kappa shape index (κ1) is 17.9. The highest BCUT2D eigenvalue weighted by molar-refractivity contribution is 5.25. The van der Waals surface area contributed by atoms with E-state index in [1.54, 1.807) is 0 Å². The van der Waals surface area contributed by atoms with E-state index in [4.69, 9.17) is 4.74 Å². The third-order valence-electron chi connectivity index (χ3n) is 3.16. The maximum absolute atomic E-state index is 5.87. The fraction of sp³-hybridized carbons (Fsp3) is 0.765. The molecule has 1 aromatic rings. The highest BCUT2D eigenvalue weighted by Crippen LogP contribution is 2.19. The Morgan fingerprint density at radius 3 is 2.52 bits per heavy atom. The Bertz CT molecular complexity index is 425. The lowest BCUT2D eigenvalue weighted by Gasteiger charge is -2.21. The Kier molecular flexibility index (Phi) is 7.09. The third-order valence-corrected chi connectivity index (χ3v) is 3.16. The zero-order valence-corrected chi connectivity index (χ0v) is 14.5. The number of nitrogens with one attached hydrogen (secondary N) is 1. The summed E-state index contributed by atoms with van der Waals surface area (Å²) in [6, 6.07) is 0. The maximum atomic E-state index is 5.87. The Labute approximate surface area is 129 Å². The van der Waals surface area contributed by atoms with Crippen LogP contribution in [0.5, 0.6) is 5.75 Å². The zero-order valence-electron chi connectivity index (χ0n) is 14.5. The summed E-state index contributed by atoms with van der Waals surface area (Å²) in [5.41, 5.74) is 1.02. The van der Waals surface area contributed by atoms with E-state index in [2.05, 4.69) is 56.8 Å². The van der Waals surface area contributed by atoms with Gasteiger partial charge in [0.25, 0.3) is 0 Å². The molecule has 4 nitrogen and oxygen atoms in total. The molecular weight excluding hydrogens is 262 g/mol. The van der Waals surface area contributed by atoms with Gasteiger partial charge in [-0.15, -0.1) is 0 Å². The Hall–Kier alpha value is -1.16. The number of rotatable bonds is 8. The van der Waals surface area contributed by atoms with E-state index >= 15 is 0 Å². The molecule has 0 aliphatic heterocycles. The molecule has 1 aromatic heterocycles. The molecule has 0 amide bonds. The van der Waals surface area contributed by atoms with E-state index < -0.39 is 0 Å². The summed E-state index contributed by atoms with van der Waals surface area (Å²) in [7, 11) is 0. The summed E-state index contributed by atoms with van der Waals surface area (Å²) in [4.78, 5) is 9.09. The van der Waals surface area contributed by atoms with Gasteiger partial charge in [0, 0.05) is 18.0 Å². The maximum Gasteiger partial charge on any atom is 0.160 e. The van der Waals surface area contributed by atoms with Crippen LogP contribution in [-0.2, 0) is 6.54 Å². The SMILES string of the molecule is CCCCCOc1cnc(C(C)C)nc1CNC(C)(C)C. The van der Waals surface area contributed by atoms with Crippen molar-refractivity contribution in [1.29, 1.82) is 0 Å². The largest absolute Gasteiger partial charge is 0.490 e. The standard InChI is InChI=1S/C17H31N3O/c1-7-8-9-10-21-15-12-18-16(13(2)3)20-14(15)11-19-17(4,5)6/h12-13,19H,7-11H2,1-6H3. The summed E-state index contributed by atoms with van der Waals surface area (Å²) >= 11 is 0. The molecule has 0 saturated carbocycles. The van der Waals surface area contributed by atoms with Gasteiger partial charge in [-0.2, -0.15) is 0 Å². The first-order chi connectivity index (χ1) is 9.83. The van der Waals surface area contributed by atoms with Crippen LogP contribution in [0.4, 0.5) is 0 Å². The molecule has 21 heavy (non-hydrogen) atoms. The second-order valence-electron chi connectivity index (χ2n) is 6.85. The van der Waals surface area contributed by atoms with Crippen molar-refractivity contribution in [2.75, 3.05) is 6.61 Å². The quantitative estimate of drug-likeness (QED) is 0.734. The average Bonchev–Trinajstić information content (AvgIpc) is 2.41. The van der Waals surface area contributed by atoms with Crippen LogP contribution in [0.15, 0.2) is 6.20 Å². The third kappa shape index (κ3) is 6.89. The molecule has 0 aromatic carbocycles. The van der Waals surface area contributed by atoms with Gasteiger partial charge in [-0.1, -0.05) is 33.6 Å². The topological polar surface area (TPSA) is 47.0 Å². The van der Waals surface area contributed by atoms with Crippen molar-refractivity contribution in [2.24, 2.45) is 0 Å². The minimum atomic E-state index is 0.0580. The minimum absolute atomic E-state index is 0.0580. The van der Waals surface area contributed by atoms with Crippen molar-refractivity contribution in [3.8, 4) is 5.75 Å². The predicted molar refractivity (Wildman–Crippen MR) is 87.7 cm³/mol. The van der Waals surface area contributed by atoms with Crippen molar-refractivity contribution in [2.45, 2.75) is 78.8 Å². The van der Waals surface area contributed by atoms with Crippen LogP contribution in [0.1, 0.15) is 78.2 Å². The predicted octanol–water partition coefficient (Wildman–Crippen LogP) is 4.06. The van der Waals surface area contributed by atoms with Gasteiger partial charge in [0.15, 0.2) is 5.75 Å². The van der Waals surface area contributed by atoms with Crippen molar-refractivity contribution >= 4 is 0 Å². The Balaban J connectivity index is 2.79. The van der Waals surface area contributed by atoms with Crippen LogP contribution in [0.3, 0.4) is 0 Å². The van der Waals surface area contributed by atoms with Gasteiger partial charge in [-0.25, -0.2) is 9.97 Å². The molecule has 0 saturated heterocycles. The first-order valence-corrected chi connectivity index (χ1v) is 8.07. The number of hydrogen-bond donors (Lipinski definition) is 1. The van der Waals surface area contributed by atoms with Gasteiger partial charge in [0.05, 0.1) is 18.5 Å². The van der Waals surface area contributed by atoms with E-state index in [9.17, 15) is 0 Å². The van der Waals surface area contributed by atoms with E-state index in [-0.39, 0.29) is 5.54 Å². The van der Waals surface area contributed by atoms with Crippen molar-refractivity contribution in [3.05, 3.63) is 17.7 Å². The van der Waals surface area contributed by atoms with Crippen LogP contribution in [0.25, 0.3) is 0 Å². The molecule has 4 heteroatoms. The molecule has 0 unspecified atom stereocenters. The molecule has 0 fully saturated rings. The summed E-state index contributed by atoms with van der Waals surface area (Å²) in [6.07, 6.45) is 5.30. The second kappa shape index (κ2) is 8.32. The van der Waals surface area contributed by atoms with Gasteiger partial charge in [0.1, 0.15) is 5.82 Å². The van der Waals surface area contributed by atoms with E-state index in [1.807, 2.05) is 6.20 Å². The van der Waals surface area contributed by atoms with Gasteiger partial charge < -0.3 is 10.1 Å². The fourth-order valence-corrected chi connectivity index (χ4v) is 1.83. The zero-order chi connectivity index (χ0) is 15.9. The molecule has 120 valence electrons. The van der Waals surface area contributed by atoms with Crippen molar-refractivity contribution < 1.29 is 4.74 Å². The average molecular weight is 293 g/mol. The molecule has 1 heterocycles. The normalized spacial score (nSPS) is 12.0. The Morgan fingerprint density at radius 1 is 1.24 bits per heavy atom. The number of aromatic nitrogens is 2. The van der Waals surface area contributed by atoms with Gasteiger partial charge in [0.2, 0.25) is 0 Å². The fourth-order valence-electron chi connectivity index (χ4n) is 1.83. The summed E-state index contributed by atoms with van der Waals surface area (Å²) in [5, 5.41) is 3.48. The van der Waals surface area contributed by atoms with Crippen LogP contribution in [0, 0.1) is 0 Å². The molecule has 0 spiro atoms. The molecule has 0 atom stereocenters.